The summed E-state index contributed by atoms with van der Waals surface area (Å²) in [5.74, 6) is 0. The molecule has 118 valence electrons. The summed E-state index contributed by atoms with van der Waals surface area (Å²) in [7, 11) is 0. The van der Waals surface area contributed by atoms with Crippen molar-refractivity contribution in [2.75, 3.05) is 0 Å². The van der Waals surface area contributed by atoms with Gasteiger partial charge in [0, 0.05) is 6.07 Å². The lowest BCUT2D eigenvalue weighted by Crippen LogP contribution is -2.22. The minimum absolute atomic E-state index is 0.0389. The highest BCUT2D eigenvalue weighted by Crippen LogP contribution is 2.26. The van der Waals surface area contributed by atoms with Crippen LogP contribution in [-0.4, -0.2) is 14.3 Å². The zero-order valence-corrected chi connectivity index (χ0v) is 14.4. The number of halogens is 1. The largest absolute Gasteiger partial charge is 0.284 e. The maximum atomic E-state index is 12.7. The quantitative estimate of drug-likeness (QED) is 0.381. The van der Waals surface area contributed by atoms with Gasteiger partial charge in [-0.2, -0.15) is 0 Å². The van der Waals surface area contributed by atoms with Gasteiger partial charge >= 0.3 is 0 Å². The van der Waals surface area contributed by atoms with E-state index in [1.54, 1.807) is 22.6 Å². The van der Waals surface area contributed by atoms with Gasteiger partial charge in [-0.3, -0.25) is 14.9 Å². The van der Waals surface area contributed by atoms with Crippen LogP contribution in [0.2, 0.25) is 0 Å². The van der Waals surface area contributed by atoms with Crippen LogP contribution in [0.5, 0.6) is 0 Å². The number of rotatable bonds is 2. The first-order chi connectivity index (χ1) is 11.5. The number of nitrogens with zero attached hydrogens (tertiary/aromatic N) is 3. The first-order valence-corrected chi connectivity index (χ1v) is 8.51. The molecule has 8 heteroatoms. The number of hydrogen-bond donors (Lipinski definition) is 0. The second-order valence-corrected chi connectivity index (χ2v) is 6.97. The number of nitro benzene ring substituents is 1. The Morgan fingerprint density at radius 1 is 1.25 bits per heavy atom. The van der Waals surface area contributed by atoms with Gasteiger partial charge in [0.2, 0.25) is 0 Å². The molecule has 6 nitrogen and oxygen atoms in total. The average molecular weight is 402 g/mol. The maximum Gasteiger partial charge on any atom is 0.284 e. The van der Waals surface area contributed by atoms with Crippen LogP contribution in [0.25, 0.3) is 22.1 Å². The van der Waals surface area contributed by atoms with Gasteiger partial charge in [-0.1, -0.05) is 29.5 Å². The van der Waals surface area contributed by atoms with E-state index >= 15 is 0 Å². The predicted molar refractivity (Wildman–Crippen MR) is 96.4 cm³/mol. The average Bonchev–Trinajstić information content (AvgIpc) is 3.06. The Bertz CT molecular complexity index is 1230. The molecule has 0 saturated carbocycles. The highest BCUT2D eigenvalue weighted by atomic mass is 79.9. The number of imidazole rings is 1. The third kappa shape index (κ3) is 2.31. The molecule has 2 aromatic heterocycles. The summed E-state index contributed by atoms with van der Waals surface area (Å²) in [5.41, 5.74) is 1.91. The van der Waals surface area contributed by atoms with Crippen LogP contribution in [0.1, 0.15) is 5.56 Å². The van der Waals surface area contributed by atoms with Crippen LogP contribution in [0.15, 0.2) is 51.7 Å². The van der Waals surface area contributed by atoms with Crippen LogP contribution < -0.4 is 10.1 Å². The molecule has 0 spiro atoms. The molecule has 0 aliphatic carbocycles. The number of para-hydroxylation sites is 2. The lowest BCUT2D eigenvalue weighted by Gasteiger charge is -1.96. The number of benzene rings is 2. The van der Waals surface area contributed by atoms with Crippen molar-refractivity contribution in [1.82, 2.24) is 9.38 Å². The van der Waals surface area contributed by atoms with Crippen molar-refractivity contribution in [2.24, 2.45) is 0 Å². The Morgan fingerprint density at radius 3 is 2.83 bits per heavy atom. The monoisotopic (exact) mass is 401 g/mol. The molecule has 0 bridgehead atoms. The van der Waals surface area contributed by atoms with Crippen LogP contribution in [-0.2, 0) is 0 Å². The fraction of sp³-hybridized carbons (Fsp3) is 0. The number of aromatic nitrogens is 2. The standard InChI is InChI=1S/C16H8BrN3O3S/c17-10-6-5-9(7-13(10)20(22)23)8-14-15(21)19-12-4-2-1-3-11(12)18-16(19)24-14/h1-8H/b14-8-. The SMILES string of the molecule is O=c1/c(=C/c2ccc(Br)c([N+](=O)[O-])c2)sc2nc3ccccc3n12. The lowest BCUT2D eigenvalue weighted by atomic mass is 10.2. The van der Waals surface area contributed by atoms with Gasteiger partial charge < -0.3 is 0 Å². The van der Waals surface area contributed by atoms with Gasteiger partial charge in [-0.15, -0.1) is 0 Å². The number of nitro groups is 1. The van der Waals surface area contributed by atoms with Crippen molar-refractivity contribution >= 4 is 55.0 Å². The van der Waals surface area contributed by atoms with E-state index in [0.717, 1.165) is 11.0 Å². The minimum Gasteiger partial charge on any atom is -0.267 e. The molecule has 2 heterocycles. The Labute approximate surface area is 147 Å². The highest BCUT2D eigenvalue weighted by Gasteiger charge is 2.13. The Kier molecular flexibility index (Phi) is 3.43. The fourth-order valence-electron chi connectivity index (χ4n) is 2.52. The molecular formula is C16H8BrN3O3S. The zero-order valence-electron chi connectivity index (χ0n) is 12.0. The molecule has 0 aliphatic heterocycles. The fourth-order valence-corrected chi connectivity index (χ4v) is 3.90. The number of hydrogen-bond acceptors (Lipinski definition) is 5. The summed E-state index contributed by atoms with van der Waals surface area (Å²) in [4.78, 5) is 28.3. The number of fused-ring (bicyclic) bond motifs is 3. The van der Waals surface area contributed by atoms with Crippen LogP contribution in [0.4, 0.5) is 5.69 Å². The van der Waals surface area contributed by atoms with E-state index in [0.29, 0.717) is 19.5 Å². The zero-order chi connectivity index (χ0) is 16.8. The van der Waals surface area contributed by atoms with E-state index < -0.39 is 4.92 Å². The van der Waals surface area contributed by atoms with Gasteiger partial charge in [0.05, 0.1) is 25.0 Å². The molecule has 0 amide bonds. The molecule has 0 aliphatic rings. The van der Waals surface area contributed by atoms with E-state index in [1.165, 1.54) is 17.4 Å². The molecule has 0 unspecified atom stereocenters. The van der Waals surface area contributed by atoms with Crippen molar-refractivity contribution in [3.05, 3.63) is 77.5 Å². The molecule has 0 N–H and O–H groups in total. The molecular weight excluding hydrogens is 394 g/mol. The first-order valence-electron chi connectivity index (χ1n) is 6.90. The lowest BCUT2D eigenvalue weighted by molar-refractivity contribution is -0.385. The van der Waals surface area contributed by atoms with Crippen molar-refractivity contribution < 1.29 is 4.92 Å². The van der Waals surface area contributed by atoms with Crippen molar-refractivity contribution in [3.8, 4) is 0 Å². The molecule has 4 aromatic rings. The van der Waals surface area contributed by atoms with Crippen LogP contribution in [0, 0.1) is 10.1 Å². The van der Waals surface area contributed by atoms with Gasteiger partial charge in [0.15, 0.2) is 4.96 Å². The van der Waals surface area contributed by atoms with Gasteiger partial charge in [-0.05, 0) is 45.8 Å². The summed E-state index contributed by atoms with van der Waals surface area (Å²) < 4.78 is 2.46. The highest BCUT2D eigenvalue weighted by molar-refractivity contribution is 9.10. The summed E-state index contributed by atoms with van der Waals surface area (Å²) >= 11 is 4.42. The van der Waals surface area contributed by atoms with E-state index in [9.17, 15) is 14.9 Å². The Balaban J connectivity index is 1.95. The summed E-state index contributed by atoms with van der Waals surface area (Å²) in [6, 6.07) is 12.2. The van der Waals surface area contributed by atoms with Crippen molar-refractivity contribution in [1.29, 1.82) is 0 Å². The molecule has 4 rings (SSSR count). The van der Waals surface area contributed by atoms with Gasteiger partial charge in [-0.25, -0.2) is 9.38 Å². The van der Waals surface area contributed by atoms with E-state index in [2.05, 4.69) is 20.9 Å². The normalized spacial score (nSPS) is 12.3. The first kappa shape index (κ1) is 15.0. The summed E-state index contributed by atoms with van der Waals surface area (Å²) in [6.45, 7) is 0. The van der Waals surface area contributed by atoms with E-state index in [-0.39, 0.29) is 11.2 Å². The van der Waals surface area contributed by atoms with Crippen molar-refractivity contribution in [2.45, 2.75) is 0 Å². The summed E-state index contributed by atoms with van der Waals surface area (Å²) in [5, 5.41) is 11.0. The third-order valence-electron chi connectivity index (χ3n) is 3.61. The smallest absolute Gasteiger partial charge is 0.267 e. The molecule has 0 fully saturated rings. The maximum absolute atomic E-state index is 12.7. The van der Waals surface area contributed by atoms with Crippen LogP contribution >= 0.6 is 27.3 Å². The third-order valence-corrected chi connectivity index (χ3v) is 5.25. The number of thiazole rings is 1. The second kappa shape index (κ2) is 5.50. The van der Waals surface area contributed by atoms with E-state index in [1.807, 2.05) is 24.3 Å². The molecule has 2 aromatic carbocycles. The van der Waals surface area contributed by atoms with Crippen molar-refractivity contribution in [3.63, 3.8) is 0 Å². The van der Waals surface area contributed by atoms with Gasteiger partial charge in [0.25, 0.3) is 11.2 Å². The Morgan fingerprint density at radius 2 is 2.04 bits per heavy atom. The summed E-state index contributed by atoms with van der Waals surface area (Å²) in [6.07, 6.45) is 1.65. The Hall–Kier alpha value is -2.58. The topological polar surface area (TPSA) is 77.5 Å². The minimum atomic E-state index is -0.464. The molecule has 0 saturated heterocycles. The van der Waals surface area contributed by atoms with Gasteiger partial charge in [0.1, 0.15) is 0 Å². The van der Waals surface area contributed by atoms with E-state index in [4.69, 9.17) is 0 Å². The molecule has 0 atom stereocenters. The molecule has 24 heavy (non-hydrogen) atoms. The molecule has 0 radical (unpaired) electrons. The second-order valence-electron chi connectivity index (χ2n) is 5.10. The van der Waals surface area contributed by atoms with Crippen LogP contribution in [0.3, 0.4) is 0 Å². The predicted octanol–water partition coefficient (Wildman–Crippen LogP) is 3.13.